The SMILES string of the molecule is CC(=O)c1ccc(NCC2CCN(C)C2c2ccc(Cl)c(F)c2)c([N+](=O)[O-])c1. The molecule has 2 unspecified atom stereocenters. The number of nitrogens with zero attached hydrogens (tertiary/aromatic N) is 2. The van der Waals surface area contributed by atoms with Gasteiger partial charge in [0.15, 0.2) is 5.78 Å². The molecule has 6 nitrogen and oxygen atoms in total. The fourth-order valence-corrected chi connectivity index (χ4v) is 3.87. The molecule has 1 saturated heterocycles. The summed E-state index contributed by atoms with van der Waals surface area (Å²) in [4.78, 5) is 24.5. The van der Waals surface area contributed by atoms with Crippen LogP contribution in [0.3, 0.4) is 0 Å². The predicted octanol–water partition coefficient (Wildman–Crippen LogP) is 4.69. The number of rotatable bonds is 6. The van der Waals surface area contributed by atoms with Crippen molar-refractivity contribution in [3.8, 4) is 0 Å². The standard InChI is InChI=1S/C20H21ClFN3O3/c1-12(26)13-4-6-18(19(10-13)25(27)28)23-11-15-7-8-24(2)20(15)14-3-5-16(21)17(22)9-14/h3-6,9-10,15,20,23H,7-8,11H2,1-2H3. The van der Waals surface area contributed by atoms with E-state index in [1.807, 2.05) is 13.1 Å². The van der Waals surface area contributed by atoms with Gasteiger partial charge in [0.2, 0.25) is 0 Å². The van der Waals surface area contributed by atoms with Crippen LogP contribution in [0.15, 0.2) is 36.4 Å². The zero-order valence-electron chi connectivity index (χ0n) is 15.6. The third kappa shape index (κ3) is 4.15. The van der Waals surface area contributed by atoms with Gasteiger partial charge in [0.25, 0.3) is 5.69 Å². The molecule has 28 heavy (non-hydrogen) atoms. The van der Waals surface area contributed by atoms with Crippen molar-refractivity contribution in [1.82, 2.24) is 4.90 Å². The van der Waals surface area contributed by atoms with Crippen LogP contribution in [0.2, 0.25) is 5.02 Å². The number of hydrogen-bond donors (Lipinski definition) is 1. The molecule has 0 amide bonds. The molecule has 0 saturated carbocycles. The third-order valence-electron chi connectivity index (χ3n) is 5.21. The molecule has 1 aliphatic heterocycles. The maximum absolute atomic E-state index is 13.9. The normalized spacial score (nSPS) is 19.6. The first-order valence-electron chi connectivity index (χ1n) is 8.96. The van der Waals surface area contributed by atoms with Crippen LogP contribution in [0, 0.1) is 21.8 Å². The van der Waals surface area contributed by atoms with Crippen molar-refractivity contribution in [2.24, 2.45) is 5.92 Å². The Hall–Kier alpha value is -2.51. The van der Waals surface area contributed by atoms with Crippen LogP contribution in [0.25, 0.3) is 0 Å². The highest BCUT2D eigenvalue weighted by Crippen LogP contribution is 2.38. The van der Waals surface area contributed by atoms with Gasteiger partial charge in [-0.15, -0.1) is 0 Å². The molecule has 0 radical (unpaired) electrons. The van der Waals surface area contributed by atoms with Crippen molar-refractivity contribution in [3.63, 3.8) is 0 Å². The number of carbonyl (C=O) groups is 1. The van der Waals surface area contributed by atoms with Crippen molar-refractivity contribution in [2.45, 2.75) is 19.4 Å². The number of nitro benzene ring substituents is 1. The average molecular weight is 406 g/mol. The maximum Gasteiger partial charge on any atom is 0.293 e. The molecule has 8 heteroatoms. The highest BCUT2D eigenvalue weighted by molar-refractivity contribution is 6.30. The number of ketones is 1. The number of benzene rings is 2. The summed E-state index contributed by atoms with van der Waals surface area (Å²) in [7, 11) is 1.97. The molecule has 0 aliphatic carbocycles. The van der Waals surface area contributed by atoms with E-state index in [1.165, 1.54) is 19.1 Å². The van der Waals surface area contributed by atoms with Crippen LogP contribution in [-0.2, 0) is 0 Å². The van der Waals surface area contributed by atoms with E-state index >= 15 is 0 Å². The summed E-state index contributed by atoms with van der Waals surface area (Å²) in [6, 6.07) is 9.22. The number of nitro groups is 1. The summed E-state index contributed by atoms with van der Waals surface area (Å²) in [6.45, 7) is 2.70. The molecule has 0 spiro atoms. The number of hydrogen-bond acceptors (Lipinski definition) is 5. The number of anilines is 1. The van der Waals surface area contributed by atoms with E-state index in [-0.39, 0.29) is 28.5 Å². The molecule has 1 fully saturated rings. The van der Waals surface area contributed by atoms with Gasteiger partial charge in [-0.25, -0.2) is 4.39 Å². The minimum absolute atomic E-state index is 0.0187. The van der Waals surface area contributed by atoms with E-state index < -0.39 is 10.7 Å². The van der Waals surface area contributed by atoms with Gasteiger partial charge < -0.3 is 5.32 Å². The summed E-state index contributed by atoms with van der Waals surface area (Å²) in [5.41, 5.74) is 1.36. The molecule has 1 heterocycles. The summed E-state index contributed by atoms with van der Waals surface area (Å²) in [5.74, 6) is -0.545. The van der Waals surface area contributed by atoms with Crippen LogP contribution >= 0.6 is 11.6 Å². The average Bonchev–Trinajstić information content (AvgIpc) is 3.02. The second-order valence-corrected chi connectivity index (χ2v) is 7.48. The Labute approximate surface area is 167 Å². The van der Waals surface area contributed by atoms with E-state index in [1.54, 1.807) is 18.2 Å². The second-order valence-electron chi connectivity index (χ2n) is 7.07. The topological polar surface area (TPSA) is 75.5 Å². The van der Waals surface area contributed by atoms with Gasteiger partial charge in [0.1, 0.15) is 11.5 Å². The van der Waals surface area contributed by atoms with Crippen LogP contribution in [-0.4, -0.2) is 35.7 Å². The predicted molar refractivity (Wildman–Crippen MR) is 106 cm³/mol. The Bertz CT molecular complexity index is 922. The zero-order valence-corrected chi connectivity index (χ0v) is 16.4. The van der Waals surface area contributed by atoms with Crippen LogP contribution in [0.1, 0.15) is 35.3 Å². The third-order valence-corrected chi connectivity index (χ3v) is 5.52. The van der Waals surface area contributed by atoms with Crippen molar-refractivity contribution in [2.75, 3.05) is 25.5 Å². The van der Waals surface area contributed by atoms with Gasteiger partial charge in [0.05, 0.1) is 9.95 Å². The minimum atomic E-state index is -0.498. The summed E-state index contributed by atoms with van der Waals surface area (Å²) in [5, 5.41) is 14.6. The van der Waals surface area contributed by atoms with Gasteiger partial charge in [-0.3, -0.25) is 19.8 Å². The fraction of sp³-hybridized carbons (Fsp3) is 0.350. The molecule has 0 aromatic heterocycles. The molecule has 1 N–H and O–H groups in total. The van der Waals surface area contributed by atoms with E-state index in [0.29, 0.717) is 17.8 Å². The quantitative estimate of drug-likeness (QED) is 0.428. The van der Waals surface area contributed by atoms with Crippen molar-refractivity contribution in [3.05, 3.63) is 68.5 Å². The van der Waals surface area contributed by atoms with Gasteiger partial charge in [0, 0.05) is 24.2 Å². The first kappa shape index (κ1) is 20.2. The molecule has 2 aromatic carbocycles. The van der Waals surface area contributed by atoms with E-state index in [9.17, 15) is 19.3 Å². The first-order valence-corrected chi connectivity index (χ1v) is 9.34. The van der Waals surface area contributed by atoms with Gasteiger partial charge in [-0.1, -0.05) is 17.7 Å². The number of likely N-dealkylation sites (tertiary alicyclic amines) is 1. The van der Waals surface area contributed by atoms with Crippen molar-refractivity contribution < 1.29 is 14.1 Å². The van der Waals surface area contributed by atoms with Gasteiger partial charge in [-0.2, -0.15) is 0 Å². The zero-order chi connectivity index (χ0) is 20.4. The van der Waals surface area contributed by atoms with E-state index in [0.717, 1.165) is 18.5 Å². The Morgan fingerprint density at radius 2 is 2.11 bits per heavy atom. The van der Waals surface area contributed by atoms with Crippen LogP contribution in [0.5, 0.6) is 0 Å². The Morgan fingerprint density at radius 1 is 1.36 bits per heavy atom. The maximum atomic E-state index is 13.9. The summed E-state index contributed by atoms with van der Waals surface area (Å²) >= 11 is 5.79. The Kier molecular flexibility index (Phi) is 5.96. The molecular formula is C20H21ClFN3O3. The highest BCUT2D eigenvalue weighted by atomic mass is 35.5. The lowest BCUT2D eigenvalue weighted by Gasteiger charge is -2.26. The first-order chi connectivity index (χ1) is 13.3. The summed E-state index contributed by atoms with van der Waals surface area (Å²) in [6.07, 6.45) is 0.873. The number of Topliss-reactive ketones (excluding diaryl/α,β-unsaturated/α-hetero) is 1. The number of nitrogens with one attached hydrogen (secondary N) is 1. The van der Waals surface area contributed by atoms with Gasteiger partial charge >= 0.3 is 0 Å². The van der Waals surface area contributed by atoms with Crippen LogP contribution in [0.4, 0.5) is 15.8 Å². The summed E-state index contributed by atoms with van der Waals surface area (Å²) < 4.78 is 13.9. The van der Waals surface area contributed by atoms with Gasteiger partial charge in [-0.05, 0) is 62.7 Å². The van der Waals surface area contributed by atoms with E-state index in [2.05, 4.69) is 10.2 Å². The lowest BCUT2D eigenvalue weighted by atomic mass is 9.93. The van der Waals surface area contributed by atoms with Crippen LogP contribution < -0.4 is 5.32 Å². The molecule has 3 rings (SSSR count). The minimum Gasteiger partial charge on any atom is -0.379 e. The number of halogens is 2. The number of carbonyl (C=O) groups excluding carboxylic acids is 1. The van der Waals surface area contributed by atoms with E-state index in [4.69, 9.17) is 11.6 Å². The molecule has 0 bridgehead atoms. The highest BCUT2D eigenvalue weighted by Gasteiger charge is 2.33. The Balaban J connectivity index is 1.80. The molecule has 2 aromatic rings. The monoisotopic (exact) mass is 405 g/mol. The van der Waals surface area contributed by atoms with Crippen molar-refractivity contribution in [1.29, 1.82) is 0 Å². The molecule has 1 aliphatic rings. The molecule has 2 atom stereocenters. The lowest BCUT2D eigenvalue weighted by molar-refractivity contribution is -0.384. The molecule has 148 valence electrons. The lowest BCUT2D eigenvalue weighted by Crippen LogP contribution is -2.25. The largest absolute Gasteiger partial charge is 0.379 e. The van der Waals surface area contributed by atoms with Crippen molar-refractivity contribution >= 4 is 28.8 Å². The second kappa shape index (κ2) is 8.24. The Morgan fingerprint density at radius 3 is 2.75 bits per heavy atom. The smallest absolute Gasteiger partial charge is 0.293 e. The molecular weight excluding hydrogens is 385 g/mol. The fourth-order valence-electron chi connectivity index (χ4n) is 3.76.